The summed E-state index contributed by atoms with van der Waals surface area (Å²) in [6.45, 7) is 12.0. The van der Waals surface area contributed by atoms with Gasteiger partial charge in [0.1, 0.15) is 40.0 Å². The average molecular weight is 1410 g/mol. The number of rotatable bonds is 16. The number of aliphatic hydroxyl groups is 3. The molecule has 88 heavy (non-hydrogen) atoms. The smallest absolute Gasteiger partial charge is 0.340 e. The van der Waals surface area contributed by atoms with Crippen LogP contribution in [-0.4, -0.2) is 257 Å². The molecular formula is C60H72Br3FN14O10. The quantitative estimate of drug-likeness (QED) is 0.0595. The van der Waals surface area contributed by atoms with Crippen molar-refractivity contribution in [1.82, 2.24) is 54.4 Å². The Morgan fingerprint density at radius 3 is 1.38 bits per heavy atom. The largest absolute Gasteiger partial charge is 0.496 e. The molecule has 6 aromatic heterocycles. The summed E-state index contributed by atoms with van der Waals surface area (Å²) in [5, 5.41) is 45.7. The molecule has 10 rings (SSSR count). The third kappa shape index (κ3) is 18.0. The van der Waals surface area contributed by atoms with Crippen LogP contribution in [0.5, 0.6) is 5.75 Å². The molecule has 0 bridgehead atoms. The molecule has 3 saturated heterocycles. The Morgan fingerprint density at radius 1 is 0.534 bits per heavy atom. The molecule has 0 saturated carbocycles. The first kappa shape index (κ1) is 68.2. The summed E-state index contributed by atoms with van der Waals surface area (Å²) in [5.74, 6) is -0.670. The number of fused-ring (bicyclic) bond motifs is 1. The lowest BCUT2D eigenvalue weighted by atomic mass is 10.0. The highest BCUT2D eigenvalue weighted by molar-refractivity contribution is 9.11. The molecule has 1 aromatic carbocycles. The number of aliphatic hydroxyl groups excluding tert-OH is 3. The molecule has 0 radical (unpaired) electrons. The second kappa shape index (κ2) is 32.8. The monoisotopic (exact) mass is 1400 g/mol. The number of β-amino-alcohol motifs (C(OH)–C–C–N with tert-alkyl or cyclic N) is 3. The van der Waals surface area contributed by atoms with Gasteiger partial charge in [-0.1, -0.05) is 18.2 Å². The fourth-order valence-electron chi connectivity index (χ4n) is 9.99. The van der Waals surface area contributed by atoms with Crippen LogP contribution in [0.4, 0.5) is 21.8 Å². The van der Waals surface area contributed by atoms with Crippen LogP contribution in [0.2, 0.25) is 0 Å². The van der Waals surface area contributed by atoms with Gasteiger partial charge in [-0.15, -0.1) is 0 Å². The number of piperazine rings is 3. The summed E-state index contributed by atoms with van der Waals surface area (Å²) in [6, 6.07) is 16.5. The molecule has 0 aliphatic carbocycles. The number of amides is 2. The van der Waals surface area contributed by atoms with Crippen LogP contribution in [-0.2, 0) is 0 Å². The normalized spacial score (nSPS) is 14.6. The Kier molecular flexibility index (Phi) is 25.4. The van der Waals surface area contributed by atoms with Gasteiger partial charge in [-0.2, -0.15) is 4.39 Å². The highest BCUT2D eigenvalue weighted by atomic mass is 79.9. The van der Waals surface area contributed by atoms with Crippen molar-refractivity contribution in [2.45, 2.75) is 0 Å². The van der Waals surface area contributed by atoms with Gasteiger partial charge in [-0.25, -0.2) is 34.5 Å². The first-order chi connectivity index (χ1) is 42.2. The van der Waals surface area contributed by atoms with E-state index in [1.165, 1.54) is 6.20 Å². The van der Waals surface area contributed by atoms with Gasteiger partial charge in [0.2, 0.25) is 5.95 Å². The topological polar surface area (TPSA) is 285 Å². The number of halogens is 4. The molecule has 24 nitrogen and oxygen atoms in total. The number of carboxylic acid groups (broad SMARTS) is 2. The maximum atomic E-state index is 13.2. The Hall–Kier alpha value is -7.28. The number of para-hydroxylation sites is 1. The van der Waals surface area contributed by atoms with Gasteiger partial charge in [0.05, 0.1) is 38.1 Å². The van der Waals surface area contributed by atoms with E-state index in [0.29, 0.717) is 51.3 Å². The van der Waals surface area contributed by atoms with Crippen LogP contribution in [0.15, 0.2) is 105 Å². The van der Waals surface area contributed by atoms with Crippen LogP contribution in [0, 0.1) is 5.95 Å². The predicted molar refractivity (Wildman–Crippen MR) is 344 cm³/mol. The fourth-order valence-corrected chi connectivity index (χ4v) is 11.0. The molecule has 470 valence electrons. The minimum absolute atomic E-state index is 0.0448. The van der Waals surface area contributed by atoms with Gasteiger partial charge < -0.3 is 59.8 Å². The number of hydrogen-bond donors (Lipinski definition) is 6. The number of carbonyl (C=O) groups excluding carboxylic acids is 2. The maximum absolute atomic E-state index is 13.2. The first-order valence-electron chi connectivity index (χ1n) is 28.1. The Morgan fingerprint density at radius 2 is 0.932 bits per heavy atom. The summed E-state index contributed by atoms with van der Waals surface area (Å²) in [6.07, 6.45) is 10.1. The van der Waals surface area contributed by atoms with E-state index in [1.54, 1.807) is 69.8 Å². The number of benzene rings is 1. The van der Waals surface area contributed by atoms with Crippen molar-refractivity contribution in [3.63, 3.8) is 0 Å². The van der Waals surface area contributed by atoms with E-state index in [2.05, 4.69) is 103 Å². The zero-order valence-electron chi connectivity index (χ0n) is 49.5. The molecule has 0 atom stereocenters. The number of pyridine rings is 5. The van der Waals surface area contributed by atoms with E-state index in [0.717, 1.165) is 134 Å². The fraction of sp³-hybridized carbons (Fsp3) is 0.383. The van der Waals surface area contributed by atoms with Crippen molar-refractivity contribution < 1.29 is 53.8 Å². The van der Waals surface area contributed by atoms with E-state index in [1.807, 2.05) is 53.7 Å². The highest BCUT2D eigenvalue weighted by Crippen LogP contribution is 2.37. The molecule has 3 aliphatic heterocycles. The average Bonchev–Trinajstić information content (AvgIpc) is 1.80. The number of nitrogens with one attached hydrogen (secondary N) is 1. The zero-order valence-corrected chi connectivity index (χ0v) is 54.2. The lowest BCUT2D eigenvalue weighted by Gasteiger charge is -2.36. The second-order valence-electron chi connectivity index (χ2n) is 20.8. The third-order valence-electron chi connectivity index (χ3n) is 14.6. The minimum Gasteiger partial charge on any atom is -0.496 e. The van der Waals surface area contributed by atoms with Crippen molar-refractivity contribution >= 4 is 100 Å². The summed E-state index contributed by atoms with van der Waals surface area (Å²) >= 11 is 9.59. The molecule has 9 heterocycles. The summed E-state index contributed by atoms with van der Waals surface area (Å²) < 4.78 is 20.0. The second-order valence-corrected chi connectivity index (χ2v) is 23.6. The van der Waals surface area contributed by atoms with E-state index < -0.39 is 23.4 Å². The number of hydrogen-bond acceptors (Lipinski definition) is 19. The zero-order chi connectivity index (χ0) is 63.6. The molecule has 3 fully saturated rings. The third-order valence-corrected chi connectivity index (χ3v) is 15.9. The minimum atomic E-state index is -1.32. The number of H-pyrrole nitrogens is 1. The summed E-state index contributed by atoms with van der Waals surface area (Å²) in [7, 11) is 8.66. The van der Waals surface area contributed by atoms with E-state index >= 15 is 0 Å². The molecule has 7 aromatic rings. The number of carboxylic acids is 2. The standard InChI is InChI=1S/C28H32N6O3.C14H21BrN4O2.C12H16BrN3O3.C6H3BrFNO2/c1-32(2)28(36)23-15-20(17-31-27(23)34-10-8-33(9-11-34)12-13-35)19-14-22-24(18-30-26(22)29-16-19)21-6-4-5-7-25(21)37-3;1-17(2)14(21)12-9-11(15)10-16-13(12)19-5-3-18(4-6-19)7-8-20;13-9-7-10(12(18)19)11(14-8-9)16-3-1-15(2-4-16)5-6-17;7-3-1-4(6(10)11)5(8)9-2-3/h4-7,14-18,35H,8-13H2,1-3H3,(H,29,30);9-10,20H,3-8H2,1-2H3;7-8,17H,1-6H2,(H,18,19);1-2H,(H,10,11). The number of aromatic carboxylic acids is 2. The summed E-state index contributed by atoms with van der Waals surface area (Å²) in [5.41, 5.74) is 5.42. The molecule has 0 spiro atoms. The predicted octanol–water partition coefficient (Wildman–Crippen LogP) is 6.11. The number of ether oxygens (including phenoxy) is 1. The van der Waals surface area contributed by atoms with Crippen LogP contribution < -0.4 is 19.4 Å². The highest BCUT2D eigenvalue weighted by Gasteiger charge is 2.27. The van der Waals surface area contributed by atoms with Crippen molar-refractivity contribution in [2.24, 2.45) is 0 Å². The first-order valence-corrected chi connectivity index (χ1v) is 30.5. The number of anilines is 3. The van der Waals surface area contributed by atoms with Crippen LogP contribution >= 0.6 is 47.8 Å². The van der Waals surface area contributed by atoms with Crippen molar-refractivity contribution in [3.05, 3.63) is 133 Å². The molecule has 3 aliphatic rings. The lowest BCUT2D eigenvalue weighted by molar-refractivity contribution is 0.0682. The number of carbonyl (C=O) groups is 4. The van der Waals surface area contributed by atoms with Gasteiger partial charge in [0.15, 0.2) is 0 Å². The van der Waals surface area contributed by atoms with Gasteiger partial charge in [-0.05, 0) is 84.2 Å². The van der Waals surface area contributed by atoms with Gasteiger partial charge in [-0.3, -0.25) is 24.3 Å². The van der Waals surface area contributed by atoms with Crippen molar-refractivity contribution in [3.8, 4) is 28.0 Å². The van der Waals surface area contributed by atoms with Crippen LogP contribution in [0.1, 0.15) is 41.4 Å². The molecule has 0 unspecified atom stereocenters. The molecular weight excluding hydrogens is 1340 g/mol. The lowest BCUT2D eigenvalue weighted by Crippen LogP contribution is -2.48. The summed E-state index contributed by atoms with van der Waals surface area (Å²) in [4.78, 5) is 87.6. The molecule has 2 amide bonds. The Bertz CT molecular complexity index is 3510. The van der Waals surface area contributed by atoms with E-state index in [4.69, 9.17) is 25.0 Å². The SMILES string of the molecule is CN(C)C(=O)c1cc(Br)cnc1N1CCN(CCO)CC1.COc1ccccc1-c1c[nH]c2ncc(-c3cnc(N4CCN(CCO)CC4)c(C(=O)N(C)C)c3)cc12.O=C(O)c1cc(Br)cnc1F.O=C(O)c1cc(Br)cnc1N1CCN(CCO)CC1. The Labute approximate surface area is 534 Å². The van der Waals surface area contributed by atoms with Gasteiger partial charge in [0, 0.05) is 205 Å². The van der Waals surface area contributed by atoms with Crippen molar-refractivity contribution in [2.75, 3.05) is 168 Å². The van der Waals surface area contributed by atoms with E-state index in [-0.39, 0.29) is 37.2 Å². The van der Waals surface area contributed by atoms with Crippen LogP contribution in [0.3, 0.4) is 0 Å². The maximum Gasteiger partial charge on any atom is 0.340 e. The number of nitrogens with zero attached hydrogens (tertiary/aromatic N) is 13. The molecule has 6 N–H and O–H groups in total. The number of aromatic nitrogens is 6. The van der Waals surface area contributed by atoms with Gasteiger partial charge in [0.25, 0.3) is 11.8 Å². The van der Waals surface area contributed by atoms with E-state index in [9.17, 15) is 33.8 Å². The number of methoxy groups -OCH3 is 1. The van der Waals surface area contributed by atoms with Crippen LogP contribution in [0.25, 0.3) is 33.3 Å². The Balaban J connectivity index is 0.000000184. The van der Waals surface area contributed by atoms with Crippen molar-refractivity contribution in [1.29, 1.82) is 0 Å². The van der Waals surface area contributed by atoms with Gasteiger partial charge >= 0.3 is 11.9 Å². The number of aromatic amines is 1. The molecule has 28 heteroatoms.